The van der Waals surface area contributed by atoms with E-state index < -0.39 is 12.0 Å². The third-order valence-corrected chi connectivity index (χ3v) is 4.00. The monoisotopic (exact) mass is 245 g/mol. The molecule has 1 aromatic carbocycles. The van der Waals surface area contributed by atoms with E-state index in [1.165, 1.54) is 25.7 Å². The van der Waals surface area contributed by atoms with Crippen LogP contribution in [0.2, 0.25) is 0 Å². The first-order valence-corrected chi connectivity index (χ1v) is 6.79. The lowest BCUT2D eigenvalue weighted by atomic mass is 10.0. The van der Waals surface area contributed by atoms with Gasteiger partial charge in [-0.25, -0.2) is 0 Å². The van der Waals surface area contributed by atoms with Crippen LogP contribution in [0.4, 0.5) is 0 Å². The lowest BCUT2D eigenvalue weighted by Gasteiger charge is -2.23. The maximum absolute atomic E-state index is 11.5. The van der Waals surface area contributed by atoms with Gasteiger partial charge in [0.15, 0.2) is 0 Å². The largest absolute Gasteiger partial charge is 0.480 e. The van der Waals surface area contributed by atoms with Crippen molar-refractivity contribution in [1.29, 1.82) is 0 Å². The number of rotatable bonds is 6. The molecule has 1 aromatic rings. The number of carboxylic acid groups (broad SMARTS) is 1. The summed E-state index contributed by atoms with van der Waals surface area (Å²) in [6.07, 6.45) is 5.04. The summed E-state index contributed by atoms with van der Waals surface area (Å²) in [6, 6.07) is 9.35. The Morgan fingerprint density at radius 1 is 1.11 bits per heavy atom. The van der Waals surface area contributed by atoms with Gasteiger partial charge >= 0.3 is 5.97 Å². The van der Waals surface area contributed by atoms with Crippen molar-refractivity contribution in [2.24, 2.45) is 11.8 Å². The van der Waals surface area contributed by atoms with Crippen LogP contribution in [0.5, 0.6) is 0 Å². The van der Waals surface area contributed by atoms with E-state index in [0.717, 1.165) is 5.56 Å². The number of hydrogen-bond acceptors (Lipinski definition) is 2. The average Bonchev–Trinajstić information content (AvgIpc) is 3.25. The molecule has 0 radical (unpaired) electrons. The molecular weight excluding hydrogens is 226 g/mol. The normalized spacial score (nSPS) is 20.9. The molecule has 2 N–H and O–H groups in total. The van der Waals surface area contributed by atoms with E-state index in [1.807, 2.05) is 30.3 Å². The maximum Gasteiger partial charge on any atom is 0.325 e. The minimum atomic E-state index is -0.771. The fraction of sp³-hybridized carbons (Fsp3) is 0.533. The first-order valence-electron chi connectivity index (χ1n) is 6.79. The predicted molar refractivity (Wildman–Crippen MR) is 69.2 cm³/mol. The SMILES string of the molecule is O=C(O)C(NC(C1CC1)C1CC1)c1ccccc1. The Bertz CT molecular complexity index is 411. The smallest absolute Gasteiger partial charge is 0.325 e. The second-order valence-electron chi connectivity index (χ2n) is 5.55. The van der Waals surface area contributed by atoms with Gasteiger partial charge in [-0.1, -0.05) is 30.3 Å². The molecule has 0 amide bonds. The van der Waals surface area contributed by atoms with Crippen LogP contribution < -0.4 is 5.32 Å². The summed E-state index contributed by atoms with van der Waals surface area (Å²) in [4.78, 5) is 11.5. The van der Waals surface area contributed by atoms with Crippen molar-refractivity contribution in [3.05, 3.63) is 35.9 Å². The van der Waals surface area contributed by atoms with Crippen molar-refractivity contribution in [3.8, 4) is 0 Å². The summed E-state index contributed by atoms with van der Waals surface area (Å²) in [5, 5.41) is 12.8. The first-order chi connectivity index (χ1) is 8.75. The molecule has 96 valence electrons. The van der Waals surface area contributed by atoms with Crippen molar-refractivity contribution < 1.29 is 9.90 Å². The Hall–Kier alpha value is -1.35. The number of carboxylic acids is 1. The van der Waals surface area contributed by atoms with Gasteiger partial charge in [-0.3, -0.25) is 10.1 Å². The second kappa shape index (κ2) is 4.73. The molecule has 1 atom stereocenters. The van der Waals surface area contributed by atoms with E-state index in [0.29, 0.717) is 17.9 Å². The van der Waals surface area contributed by atoms with Gasteiger partial charge in [-0.2, -0.15) is 0 Å². The molecular formula is C15H19NO2. The Morgan fingerprint density at radius 3 is 2.11 bits per heavy atom. The van der Waals surface area contributed by atoms with Gasteiger partial charge in [0.2, 0.25) is 0 Å². The third kappa shape index (κ3) is 2.56. The van der Waals surface area contributed by atoms with Crippen molar-refractivity contribution in [3.63, 3.8) is 0 Å². The highest BCUT2D eigenvalue weighted by Gasteiger charge is 2.43. The Balaban J connectivity index is 1.75. The lowest BCUT2D eigenvalue weighted by molar-refractivity contribution is -0.140. The van der Waals surface area contributed by atoms with Gasteiger partial charge < -0.3 is 5.11 Å². The van der Waals surface area contributed by atoms with Gasteiger partial charge in [0.05, 0.1) is 0 Å². The molecule has 1 unspecified atom stereocenters. The fourth-order valence-corrected chi connectivity index (χ4v) is 2.72. The average molecular weight is 245 g/mol. The molecule has 18 heavy (non-hydrogen) atoms. The highest BCUT2D eigenvalue weighted by Crippen LogP contribution is 2.45. The van der Waals surface area contributed by atoms with Gasteiger partial charge in [0, 0.05) is 6.04 Å². The molecule has 0 heterocycles. The molecule has 3 nitrogen and oxygen atoms in total. The summed E-state index contributed by atoms with van der Waals surface area (Å²) in [6.45, 7) is 0. The zero-order valence-corrected chi connectivity index (χ0v) is 10.4. The fourth-order valence-electron chi connectivity index (χ4n) is 2.72. The summed E-state index contributed by atoms with van der Waals surface area (Å²) < 4.78 is 0. The van der Waals surface area contributed by atoms with Gasteiger partial charge in [0.1, 0.15) is 6.04 Å². The number of hydrogen-bond donors (Lipinski definition) is 2. The third-order valence-electron chi connectivity index (χ3n) is 4.00. The Kier molecular flexibility index (Phi) is 3.08. The van der Waals surface area contributed by atoms with Crippen molar-refractivity contribution in [2.75, 3.05) is 0 Å². The van der Waals surface area contributed by atoms with Crippen molar-refractivity contribution >= 4 is 5.97 Å². The van der Waals surface area contributed by atoms with Gasteiger partial charge in [0.25, 0.3) is 0 Å². The molecule has 3 rings (SSSR count). The molecule has 0 bridgehead atoms. The second-order valence-corrected chi connectivity index (χ2v) is 5.55. The standard InChI is InChI=1S/C15H19NO2/c17-15(18)14(10-4-2-1-3-5-10)16-13(11-6-7-11)12-8-9-12/h1-5,11-14,16H,6-9H2,(H,17,18). The van der Waals surface area contributed by atoms with Gasteiger partial charge in [-0.15, -0.1) is 0 Å². The minimum Gasteiger partial charge on any atom is -0.480 e. The molecule has 0 aliphatic heterocycles. The van der Waals surface area contributed by atoms with E-state index in [9.17, 15) is 9.90 Å². The number of carbonyl (C=O) groups is 1. The van der Waals surface area contributed by atoms with E-state index in [1.54, 1.807) is 0 Å². The highest BCUT2D eigenvalue weighted by molar-refractivity contribution is 5.75. The number of nitrogens with one attached hydrogen (secondary N) is 1. The zero-order valence-electron chi connectivity index (χ0n) is 10.4. The quantitative estimate of drug-likeness (QED) is 0.810. The molecule has 0 spiro atoms. The van der Waals surface area contributed by atoms with Crippen molar-refractivity contribution in [1.82, 2.24) is 5.32 Å². The summed E-state index contributed by atoms with van der Waals surface area (Å²) in [7, 11) is 0. The molecule has 2 saturated carbocycles. The molecule has 0 saturated heterocycles. The van der Waals surface area contributed by atoms with Crippen LogP contribution in [0.1, 0.15) is 37.3 Å². The van der Waals surface area contributed by atoms with Gasteiger partial charge in [-0.05, 0) is 43.1 Å². The van der Waals surface area contributed by atoms with Crippen molar-refractivity contribution in [2.45, 2.75) is 37.8 Å². The summed E-state index contributed by atoms with van der Waals surface area (Å²) >= 11 is 0. The van der Waals surface area contributed by atoms with E-state index >= 15 is 0 Å². The van der Waals surface area contributed by atoms with Crippen LogP contribution in [0.25, 0.3) is 0 Å². The highest BCUT2D eigenvalue weighted by atomic mass is 16.4. The predicted octanol–water partition coefficient (Wildman–Crippen LogP) is 2.59. The van der Waals surface area contributed by atoms with Crippen LogP contribution in [-0.4, -0.2) is 17.1 Å². The minimum absolute atomic E-state index is 0.409. The topological polar surface area (TPSA) is 49.3 Å². The summed E-state index contributed by atoms with van der Waals surface area (Å²) in [5.74, 6) is 0.652. The van der Waals surface area contributed by atoms with Crippen LogP contribution in [0.3, 0.4) is 0 Å². The first kappa shape index (κ1) is 11.7. The van der Waals surface area contributed by atoms with E-state index in [-0.39, 0.29) is 0 Å². The van der Waals surface area contributed by atoms with E-state index in [4.69, 9.17) is 0 Å². The van der Waals surface area contributed by atoms with Crippen LogP contribution in [-0.2, 0) is 4.79 Å². The molecule has 3 heteroatoms. The number of aliphatic carboxylic acids is 1. The van der Waals surface area contributed by atoms with E-state index in [2.05, 4.69) is 5.32 Å². The number of benzene rings is 1. The maximum atomic E-state index is 11.5. The molecule has 2 aliphatic carbocycles. The Labute approximate surface area is 107 Å². The molecule has 0 aromatic heterocycles. The molecule has 2 aliphatic rings. The molecule has 2 fully saturated rings. The summed E-state index contributed by atoms with van der Waals surface area (Å²) in [5.41, 5.74) is 0.858. The zero-order chi connectivity index (χ0) is 12.5. The van der Waals surface area contributed by atoms with Crippen LogP contribution in [0, 0.1) is 11.8 Å². The van der Waals surface area contributed by atoms with Crippen LogP contribution >= 0.6 is 0 Å². The lowest BCUT2D eigenvalue weighted by Crippen LogP contribution is -2.39. The van der Waals surface area contributed by atoms with Crippen LogP contribution in [0.15, 0.2) is 30.3 Å². The Morgan fingerprint density at radius 2 is 1.67 bits per heavy atom.